The van der Waals surface area contributed by atoms with Gasteiger partial charge < -0.3 is 15.3 Å². The highest BCUT2D eigenvalue weighted by Crippen LogP contribution is 2.23. The summed E-state index contributed by atoms with van der Waals surface area (Å²) in [4.78, 5) is 25.3. The van der Waals surface area contributed by atoms with Crippen LogP contribution in [-0.4, -0.2) is 46.8 Å². The van der Waals surface area contributed by atoms with Gasteiger partial charge in [-0.25, -0.2) is 0 Å². The normalized spacial score (nSPS) is 14.5. The number of aliphatic hydroxyl groups is 1. The number of hydrogen-bond acceptors (Lipinski definition) is 3. The molecule has 0 saturated carbocycles. The van der Waals surface area contributed by atoms with E-state index in [4.69, 9.17) is 23.2 Å². The van der Waals surface area contributed by atoms with Crippen LogP contribution in [0.25, 0.3) is 0 Å². The fourth-order valence-electron chi connectivity index (χ4n) is 2.37. The van der Waals surface area contributed by atoms with Crippen molar-refractivity contribution in [2.24, 2.45) is 0 Å². The monoisotopic (exact) mass is 434 g/mol. The smallest absolute Gasteiger partial charge is 0.289 e. The molecule has 1 aromatic carbocycles. The second kappa shape index (κ2) is 8.74. The maximum absolute atomic E-state index is 12.1. The molecule has 1 aliphatic heterocycles. The lowest BCUT2D eigenvalue weighted by atomic mass is 10.1. The molecule has 0 aliphatic carbocycles. The van der Waals surface area contributed by atoms with Crippen molar-refractivity contribution in [3.8, 4) is 0 Å². The van der Waals surface area contributed by atoms with Crippen LogP contribution in [-0.2, 0) is 16.0 Å². The number of alkyl halides is 1. The third kappa shape index (κ3) is 4.65. The van der Waals surface area contributed by atoms with Crippen molar-refractivity contribution in [1.82, 2.24) is 10.2 Å². The fraction of sp³-hybridized carbons (Fsp3) is 0.375. The summed E-state index contributed by atoms with van der Waals surface area (Å²) in [7, 11) is 0. The lowest BCUT2D eigenvalue weighted by Gasteiger charge is -2.13. The van der Waals surface area contributed by atoms with E-state index in [0.29, 0.717) is 34.9 Å². The third-order valence-electron chi connectivity index (χ3n) is 3.66. The average Bonchev–Trinajstić information content (AvgIpc) is 2.83. The van der Waals surface area contributed by atoms with Crippen LogP contribution in [0.5, 0.6) is 0 Å². The first-order valence-corrected chi connectivity index (χ1v) is 9.31. The molecule has 130 valence electrons. The van der Waals surface area contributed by atoms with Gasteiger partial charge in [-0.15, -0.1) is 0 Å². The molecule has 0 unspecified atom stereocenters. The maximum atomic E-state index is 12.1. The first-order valence-electron chi connectivity index (χ1n) is 7.43. The zero-order valence-corrected chi connectivity index (χ0v) is 15.9. The molecule has 0 bridgehead atoms. The van der Waals surface area contributed by atoms with Gasteiger partial charge in [0.1, 0.15) is 0 Å². The summed E-state index contributed by atoms with van der Waals surface area (Å²) >= 11 is 15.1. The summed E-state index contributed by atoms with van der Waals surface area (Å²) < 4.78 is 0. The first kappa shape index (κ1) is 19.1. The number of benzene rings is 1. The van der Waals surface area contributed by atoms with E-state index in [9.17, 15) is 14.7 Å². The van der Waals surface area contributed by atoms with E-state index in [1.807, 2.05) is 6.07 Å². The van der Waals surface area contributed by atoms with Gasteiger partial charge in [-0.1, -0.05) is 45.2 Å². The molecule has 0 radical (unpaired) electrons. The van der Waals surface area contributed by atoms with Gasteiger partial charge in [0.2, 0.25) is 0 Å². The SMILES string of the molecule is O=C(NCCCc1ccc(Cl)c(Cl)c1)C1=C(O)C(=O)N(CCBr)C1. The molecule has 2 rings (SSSR count). The molecule has 2 amide bonds. The molecule has 0 saturated heterocycles. The Morgan fingerprint density at radius 2 is 2.08 bits per heavy atom. The minimum atomic E-state index is -0.504. The molecule has 1 heterocycles. The van der Waals surface area contributed by atoms with Crippen molar-refractivity contribution >= 4 is 50.9 Å². The van der Waals surface area contributed by atoms with Crippen LogP contribution < -0.4 is 5.32 Å². The van der Waals surface area contributed by atoms with Gasteiger partial charge in [-0.3, -0.25) is 9.59 Å². The standard InChI is InChI=1S/C16H17BrCl2N2O3/c17-5-7-21-9-11(14(22)16(21)24)15(23)20-6-1-2-10-3-4-12(18)13(19)8-10/h3-4,8,22H,1-2,5-7,9H2,(H,20,23). The van der Waals surface area contributed by atoms with E-state index >= 15 is 0 Å². The van der Waals surface area contributed by atoms with E-state index < -0.39 is 17.6 Å². The largest absolute Gasteiger partial charge is 0.503 e. The Morgan fingerprint density at radius 3 is 2.75 bits per heavy atom. The topological polar surface area (TPSA) is 69.6 Å². The number of carbonyl (C=O) groups is 2. The number of hydrogen-bond donors (Lipinski definition) is 2. The van der Waals surface area contributed by atoms with Crippen molar-refractivity contribution in [2.75, 3.05) is 25.0 Å². The Labute approximate surface area is 158 Å². The van der Waals surface area contributed by atoms with Gasteiger partial charge in [-0.2, -0.15) is 0 Å². The number of carbonyl (C=O) groups excluding carboxylic acids is 2. The molecule has 8 heteroatoms. The van der Waals surface area contributed by atoms with E-state index in [0.717, 1.165) is 12.0 Å². The Kier molecular flexibility index (Phi) is 6.95. The van der Waals surface area contributed by atoms with Gasteiger partial charge in [0.05, 0.1) is 22.2 Å². The zero-order chi connectivity index (χ0) is 17.7. The number of halogens is 3. The maximum Gasteiger partial charge on any atom is 0.289 e. The van der Waals surface area contributed by atoms with Crippen LogP contribution in [0.15, 0.2) is 29.5 Å². The van der Waals surface area contributed by atoms with Crippen LogP contribution in [0.4, 0.5) is 0 Å². The van der Waals surface area contributed by atoms with Crippen molar-refractivity contribution in [1.29, 1.82) is 0 Å². The minimum Gasteiger partial charge on any atom is -0.503 e. The summed E-state index contributed by atoms with van der Waals surface area (Å²) in [6.07, 6.45) is 1.44. The van der Waals surface area contributed by atoms with E-state index in [1.54, 1.807) is 12.1 Å². The van der Waals surface area contributed by atoms with Crippen LogP contribution in [0, 0.1) is 0 Å². The summed E-state index contributed by atoms with van der Waals surface area (Å²) in [5, 5.41) is 14.1. The van der Waals surface area contributed by atoms with Crippen LogP contribution in [0.3, 0.4) is 0 Å². The Balaban J connectivity index is 1.81. The Bertz CT molecular complexity index is 679. The number of rotatable bonds is 7. The van der Waals surface area contributed by atoms with E-state index in [-0.39, 0.29) is 12.1 Å². The van der Waals surface area contributed by atoms with E-state index in [1.165, 1.54) is 4.90 Å². The number of nitrogens with zero attached hydrogens (tertiary/aromatic N) is 1. The number of aliphatic hydroxyl groups excluding tert-OH is 1. The van der Waals surface area contributed by atoms with Gasteiger partial charge in [-0.05, 0) is 30.5 Å². The van der Waals surface area contributed by atoms with Crippen LogP contribution in [0.2, 0.25) is 10.0 Å². The van der Waals surface area contributed by atoms with Crippen molar-refractivity contribution in [3.05, 3.63) is 45.1 Å². The van der Waals surface area contributed by atoms with Crippen molar-refractivity contribution in [3.63, 3.8) is 0 Å². The summed E-state index contributed by atoms with van der Waals surface area (Å²) in [5.41, 5.74) is 1.15. The predicted molar refractivity (Wildman–Crippen MR) is 97.8 cm³/mol. The highest BCUT2D eigenvalue weighted by molar-refractivity contribution is 9.09. The Morgan fingerprint density at radius 1 is 1.33 bits per heavy atom. The summed E-state index contributed by atoms with van der Waals surface area (Å²) in [5.74, 6) is -1.37. The molecule has 2 N–H and O–H groups in total. The second-order valence-electron chi connectivity index (χ2n) is 5.35. The fourth-order valence-corrected chi connectivity index (χ4v) is 3.12. The molecule has 1 aromatic rings. The van der Waals surface area contributed by atoms with Crippen LogP contribution in [0.1, 0.15) is 12.0 Å². The van der Waals surface area contributed by atoms with Crippen LogP contribution >= 0.6 is 39.1 Å². The summed E-state index contributed by atoms with van der Waals surface area (Å²) in [6, 6.07) is 5.43. The number of aryl methyl sites for hydroxylation is 1. The average molecular weight is 436 g/mol. The Hall–Kier alpha value is -1.24. The van der Waals surface area contributed by atoms with Gasteiger partial charge >= 0.3 is 0 Å². The molecule has 0 fully saturated rings. The molecule has 1 aliphatic rings. The van der Waals surface area contributed by atoms with E-state index in [2.05, 4.69) is 21.2 Å². The first-order chi connectivity index (χ1) is 11.4. The third-order valence-corrected chi connectivity index (χ3v) is 4.76. The van der Waals surface area contributed by atoms with Crippen molar-refractivity contribution < 1.29 is 14.7 Å². The molecular weight excluding hydrogens is 419 g/mol. The second-order valence-corrected chi connectivity index (χ2v) is 6.96. The number of nitrogens with one attached hydrogen (secondary N) is 1. The molecule has 0 atom stereocenters. The van der Waals surface area contributed by atoms with Gasteiger partial charge in [0.25, 0.3) is 11.8 Å². The lowest BCUT2D eigenvalue weighted by molar-refractivity contribution is -0.127. The molecule has 0 spiro atoms. The van der Waals surface area contributed by atoms with Crippen molar-refractivity contribution in [2.45, 2.75) is 12.8 Å². The predicted octanol–water partition coefficient (Wildman–Crippen LogP) is 3.09. The molecule has 0 aromatic heterocycles. The molecular formula is C16H17BrCl2N2O3. The highest BCUT2D eigenvalue weighted by Gasteiger charge is 2.33. The zero-order valence-electron chi connectivity index (χ0n) is 12.8. The molecule has 5 nitrogen and oxygen atoms in total. The lowest BCUT2D eigenvalue weighted by Crippen LogP contribution is -2.31. The van der Waals surface area contributed by atoms with Gasteiger partial charge in [0, 0.05) is 18.4 Å². The quantitative estimate of drug-likeness (QED) is 0.510. The van der Waals surface area contributed by atoms with Gasteiger partial charge in [0.15, 0.2) is 5.76 Å². The molecule has 24 heavy (non-hydrogen) atoms. The minimum absolute atomic E-state index is 0.121. The highest BCUT2D eigenvalue weighted by atomic mass is 79.9. The number of amides is 2. The summed E-state index contributed by atoms with van der Waals surface area (Å²) in [6.45, 7) is 1.01.